The summed E-state index contributed by atoms with van der Waals surface area (Å²) in [5.74, 6) is -3.82. The van der Waals surface area contributed by atoms with Gasteiger partial charge in [-0.3, -0.25) is 4.79 Å². The fourth-order valence-electron chi connectivity index (χ4n) is 2.38. The number of benzene rings is 1. The second kappa shape index (κ2) is 5.51. The second-order valence-corrected chi connectivity index (χ2v) is 6.77. The number of primary sulfonamides is 1. The molecule has 1 aliphatic heterocycles. The molecule has 1 unspecified atom stereocenters. The molecule has 2 N–H and O–H groups in total. The van der Waals surface area contributed by atoms with Crippen LogP contribution in [0.4, 0.5) is 8.78 Å². The topological polar surface area (TPSA) is 80.5 Å². The van der Waals surface area contributed by atoms with Gasteiger partial charge in [-0.15, -0.1) is 0 Å². The minimum atomic E-state index is -4.60. The van der Waals surface area contributed by atoms with Gasteiger partial charge in [0.1, 0.15) is 4.90 Å². The molecule has 1 saturated heterocycles. The standard InChI is InChI=1S/C12H13ClF2N2O3S/c1-6-3-2-4-17(6)12(18)7-5-8(14)10(15)11(9(7)13)21(16,19)20/h5-6H,2-4H2,1H3,(H2,16,19,20). The first-order chi connectivity index (χ1) is 9.64. The van der Waals surface area contributed by atoms with Gasteiger partial charge in [0.05, 0.1) is 10.6 Å². The normalized spacial score (nSPS) is 19.1. The maximum atomic E-state index is 13.6. The van der Waals surface area contributed by atoms with Crippen molar-refractivity contribution in [3.8, 4) is 0 Å². The van der Waals surface area contributed by atoms with Crippen molar-refractivity contribution < 1.29 is 22.0 Å². The van der Waals surface area contributed by atoms with E-state index in [1.165, 1.54) is 4.90 Å². The summed E-state index contributed by atoms with van der Waals surface area (Å²) in [7, 11) is -4.60. The maximum absolute atomic E-state index is 13.6. The molecule has 0 aliphatic carbocycles. The lowest BCUT2D eigenvalue weighted by Crippen LogP contribution is -2.34. The minimum Gasteiger partial charge on any atom is -0.336 e. The van der Waals surface area contributed by atoms with Gasteiger partial charge in [0.15, 0.2) is 11.6 Å². The molecule has 9 heteroatoms. The lowest BCUT2D eigenvalue weighted by Gasteiger charge is -2.22. The first-order valence-electron chi connectivity index (χ1n) is 6.16. The van der Waals surface area contributed by atoms with Gasteiger partial charge < -0.3 is 4.90 Å². The van der Waals surface area contributed by atoms with Crippen molar-refractivity contribution in [2.24, 2.45) is 5.14 Å². The fourth-order valence-corrected chi connectivity index (χ4v) is 3.62. The average molecular weight is 339 g/mol. The van der Waals surface area contributed by atoms with E-state index >= 15 is 0 Å². The summed E-state index contributed by atoms with van der Waals surface area (Å²) >= 11 is 5.78. The Morgan fingerprint density at radius 1 is 1.48 bits per heavy atom. The third-order valence-corrected chi connectivity index (χ3v) is 4.90. The van der Waals surface area contributed by atoms with Gasteiger partial charge in [-0.25, -0.2) is 22.3 Å². The van der Waals surface area contributed by atoms with Crippen LogP contribution in [-0.2, 0) is 10.0 Å². The first-order valence-corrected chi connectivity index (χ1v) is 8.08. The summed E-state index contributed by atoms with van der Waals surface area (Å²) in [6.45, 7) is 2.25. The Hall–Kier alpha value is -1.25. The fraction of sp³-hybridized carbons (Fsp3) is 0.417. The number of amides is 1. The van der Waals surface area contributed by atoms with Crippen LogP contribution in [0.25, 0.3) is 0 Å². The van der Waals surface area contributed by atoms with Crippen molar-refractivity contribution in [2.75, 3.05) is 6.54 Å². The van der Waals surface area contributed by atoms with Crippen LogP contribution in [0, 0.1) is 11.6 Å². The van der Waals surface area contributed by atoms with Gasteiger partial charge in [0, 0.05) is 12.6 Å². The van der Waals surface area contributed by atoms with Crippen LogP contribution in [0.3, 0.4) is 0 Å². The van der Waals surface area contributed by atoms with Crippen LogP contribution in [0.2, 0.25) is 5.02 Å². The Morgan fingerprint density at radius 2 is 2.10 bits per heavy atom. The third-order valence-electron chi connectivity index (χ3n) is 3.44. The molecule has 1 aromatic carbocycles. The number of carbonyl (C=O) groups is 1. The van der Waals surface area contributed by atoms with Crippen LogP contribution in [0.5, 0.6) is 0 Å². The van der Waals surface area contributed by atoms with Gasteiger partial charge in [-0.05, 0) is 25.8 Å². The van der Waals surface area contributed by atoms with Crippen molar-refractivity contribution in [1.82, 2.24) is 4.90 Å². The highest BCUT2D eigenvalue weighted by molar-refractivity contribution is 7.89. The lowest BCUT2D eigenvalue weighted by molar-refractivity contribution is 0.0746. The Bertz CT molecular complexity index is 709. The van der Waals surface area contributed by atoms with Crippen LogP contribution in [0.15, 0.2) is 11.0 Å². The molecule has 2 rings (SSSR count). The zero-order chi connectivity index (χ0) is 15.9. The van der Waals surface area contributed by atoms with E-state index < -0.39 is 43.0 Å². The third kappa shape index (κ3) is 2.88. The number of hydrogen-bond acceptors (Lipinski definition) is 3. The quantitative estimate of drug-likeness (QED) is 0.836. The van der Waals surface area contributed by atoms with Crippen molar-refractivity contribution in [3.63, 3.8) is 0 Å². The Labute approximate surface area is 125 Å². The van der Waals surface area contributed by atoms with E-state index in [-0.39, 0.29) is 6.04 Å². The SMILES string of the molecule is CC1CCCN1C(=O)c1cc(F)c(F)c(S(N)(=O)=O)c1Cl. The zero-order valence-corrected chi connectivity index (χ0v) is 12.6. The molecule has 0 saturated carbocycles. The highest BCUT2D eigenvalue weighted by atomic mass is 35.5. The van der Waals surface area contributed by atoms with Crippen molar-refractivity contribution in [3.05, 3.63) is 28.3 Å². The molecule has 1 atom stereocenters. The number of halogens is 3. The van der Waals surface area contributed by atoms with Gasteiger partial charge in [-0.2, -0.15) is 0 Å². The predicted molar refractivity (Wildman–Crippen MR) is 72.5 cm³/mol. The Kier molecular flexibility index (Phi) is 4.23. The summed E-state index contributed by atoms with van der Waals surface area (Å²) in [5.41, 5.74) is -0.409. The molecule has 21 heavy (non-hydrogen) atoms. The molecule has 116 valence electrons. The number of nitrogens with two attached hydrogens (primary N) is 1. The molecule has 1 fully saturated rings. The van der Waals surface area contributed by atoms with Crippen LogP contribution < -0.4 is 5.14 Å². The molecular weight excluding hydrogens is 326 g/mol. The van der Waals surface area contributed by atoms with Crippen LogP contribution in [0.1, 0.15) is 30.1 Å². The van der Waals surface area contributed by atoms with Gasteiger partial charge in [0.25, 0.3) is 5.91 Å². The molecule has 0 bridgehead atoms. The number of likely N-dealkylation sites (tertiary alicyclic amines) is 1. The number of rotatable bonds is 2. The summed E-state index contributed by atoms with van der Waals surface area (Å²) in [5, 5.41) is 4.14. The zero-order valence-electron chi connectivity index (χ0n) is 11.1. The molecule has 1 heterocycles. The van der Waals surface area contributed by atoms with Gasteiger partial charge >= 0.3 is 0 Å². The highest BCUT2D eigenvalue weighted by Crippen LogP contribution is 2.31. The average Bonchev–Trinajstić information content (AvgIpc) is 2.78. The van der Waals surface area contributed by atoms with Crippen molar-refractivity contribution in [2.45, 2.75) is 30.7 Å². The number of sulfonamides is 1. The number of nitrogens with zero attached hydrogens (tertiary/aromatic N) is 1. The van der Waals surface area contributed by atoms with E-state index in [1.807, 2.05) is 0 Å². The van der Waals surface area contributed by atoms with Gasteiger partial charge in [0.2, 0.25) is 10.0 Å². The minimum absolute atomic E-state index is 0.0837. The largest absolute Gasteiger partial charge is 0.336 e. The van der Waals surface area contributed by atoms with Crippen molar-refractivity contribution in [1.29, 1.82) is 0 Å². The van der Waals surface area contributed by atoms with Crippen LogP contribution in [-0.4, -0.2) is 31.8 Å². The second-order valence-electron chi connectivity index (χ2n) is 4.90. The highest BCUT2D eigenvalue weighted by Gasteiger charge is 2.32. The maximum Gasteiger partial charge on any atom is 0.255 e. The monoisotopic (exact) mass is 338 g/mol. The van der Waals surface area contributed by atoms with E-state index in [2.05, 4.69) is 0 Å². The van der Waals surface area contributed by atoms with E-state index in [0.717, 1.165) is 12.8 Å². The molecule has 1 aromatic rings. The van der Waals surface area contributed by atoms with E-state index in [4.69, 9.17) is 16.7 Å². The summed E-state index contributed by atoms with van der Waals surface area (Å²) in [4.78, 5) is 12.6. The molecule has 0 radical (unpaired) electrons. The molecule has 1 amide bonds. The molecule has 1 aliphatic rings. The summed E-state index contributed by atoms with van der Waals surface area (Å²) < 4.78 is 49.9. The lowest BCUT2D eigenvalue weighted by atomic mass is 10.1. The Morgan fingerprint density at radius 3 is 2.57 bits per heavy atom. The number of hydrogen-bond donors (Lipinski definition) is 1. The molecular formula is C12H13ClF2N2O3S. The first kappa shape index (κ1) is 16.1. The summed E-state index contributed by atoms with van der Waals surface area (Å²) in [6, 6.07) is 0.513. The number of carbonyl (C=O) groups excluding carboxylic acids is 1. The molecule has 5 nitrogen and oxygen atoms in total. The molecule has 0 spiro atoms. The van der Waals surface area contributed by atoms with Gasteiger partial charge in [-0.1, -0.05) is 11.6 Å². The molecule has 0 aromatic heterocycles. The van der Waals surface area contributed by atoms with Crippen molar-refractivity contribution >= 4 is 27.5 Å². The van der Waals surface area contributed by atoms with E-state index in [9.17, 15) is 22.0 Å². The Balaban J connectivity index is 2.61. The van der Waals surface area contributed by atoms with E-state index in [0.29, 0.717) is 12.6 Å². The van der Waals surface area contributed by atoms with E-state index in [1.54, 1.807) is 6.92 Å². The summed E-state index contributed by atoms with van der Waals surface area (Å²) in [6.07, 6.45) is 1.55. The smallest absolute Gasteiger partial charge is 0.255 e. The van der Waals surface area contributed by atoms with Crippen LogP contribution >= 0.6 is 11.6 Å². The predicted octanol–water partition coefficient (Wildman–Crippen LogP) is 1.89.